The summed E-state index contributed by atoms with van der Waals surface area (Å²) in [6, 6.07) is 26.1. The number of rotatable bonds is 9. The maximum absolute atomic E-state index is 14.7. The van der Waals surface area contributed by atoms with Crippen LogP contribution in [0.2, 0.25) is 0 Å². The molecule has 8 heteroatoms. The molecule has 0 fully saturated rings. The molecule has 1 aromatic heterocycles. The zero-order valence-corrected chi connectivity index (χ0v) is 29.8. The third-order valence-corrected chi connectivity index (χ3v) is 10.9. The molecule has 2 aliphatic rings. The Kier molecular flexibility index (Phi) is 9.21. The summed E-state index contributed by atoms with van der Waals surface area (Å²) < 4.78 is 18.3. The molecule has 0 unspecified atom stereocenters. The molecule has 3 heterocycles. The summed E-state index contributed by atoms with van der Waals surface area (Å²) in [4.78, 5) is 32.4. The Morgan fingerprint density at radius 3 is 2.41 bits per heavy atom. The molecular weight excluding hydrogens is 638 g/mol. The Labute approximate surface area is 299 Å². The monoisotopic (exact) mass is 684 g/mol. The van der Waals surface area contributed by atoms with Gasteiger partial charge in [-0.3, -0.25) is 9.59 Å². The number of nitrogens with one attached hydrogen (secondary N) is 1. The number of nitrogens with zero attached hydrogens (tertiary/aromatic N) is 1. The van der Waals surface area contributed by atoms with Gasteiger partial charge in [0.05, 0.1) is 40.0 Å². The number of carbonyl (C=O) groups is 2. The summed E-state index contributed by atoms with van der Waals surface area (Å²) in [5.41, 5.74) is 11.0. The molecule has 0 amide bonds. The molecule has 3 atom stereocenters. The van der Waals surface area contributed by atoms with Crippen LogP contribution in [0.25, 0.3) is 27.8 Å². The van der Waals surface area contributed by atoms with E-state index in [4.69, 9.17) is 19.9 Å². The molecule has 2 bridgehead atoms. The SMILES string of the molecule is CCC1=C[C@@H]2C[C@](C(=O)OC)(c3c(OC)cc(N)cc3OC)c3[nH]c4ccccc4c3CC[N@@+](CC(=O)/C=C/c3ccc4ccccc4c3)(C1)C2. The zero-order valence-electron chi connectivity index (χ0n) is 29.8. The fourth-order valence-corrected chi connectivity index (χ4v) is 8.75. The van der Waals surface area contributed by atoms with Gasteiger partial charge in [0.25, 0.3) is 0 Å². The number of hydrogen-bond donors (Lipinski definition) is 2. The Balaban J connectivity index is 1.37. The highest BCUT2D eigenvalue weighted by Gasteiger charge is 2.54. The number of nitrogens with two attached hydrogens (primary N) is 1. The molecule has 0 saturated carbocycles. The number of benzene rings is 4. The number of fused-ring (bicyclic) bond motifs is 6. The average molecular weight is 685 g/mol. The number of hydrogen-bond acceptors (Lipinski definition) is 6. The number of carbonyl (C=O) groups excluding carboxylic acids is 2. The number of anilines is 1. The Hall–Kier alpha value is -5.34. The Morgan fingerprint density at radius 1 is 0.961 bits per heavy atom. The van der Waals surface area contributed by atoms with Crippen LogP contribution in [0.5, 0.6) is 11.5 Å². The van der Waals surface area contributed by atoms with Gasteiger partial charge in [-0.05, 0) is 58.5 Å². The van der Waals surface area contributed by atoms with Gasteiger partial charge < -0.3 is 29.4 Å². The maximum Gasteiger partial charge on any atom is 0.322 e. The molecule has 5 aromatic rings. The zero-order chi connectivity index (χ0) is 35.8. The lowest BCUT2D eigenvalue weighted by Crippen LogP contribution is -2.57. The van der Waals surface area contributed by atoms with Gasteiger partial charge in [0.2, 0.25) is 5.78 Å². The molecular formula is C43H46N3O5+. The van der Waals surface area contributed by atoms with Crippen LogP contribution in [0.4, 0.5) is 5.69 Å². The van der Waals surface area contributed by atoms with Gasteiger partial charge in [0.15, 0.2) is 0 Å². The van der Waals surface area contributed by atoms with E-state index in [1.165, 1.54) is 18.1 Å². The first-order valence-corrected chi connectivity index (χ1v) is 17.7. The number of para-hydroxylation sites is 1. The van der Waals surface area contributed by atoms with Crippen LogP contribution in [-0.4, -0.2) is 68.7 Å². The first kappa shape index (κ1) is 34.1. The van der Waals surface area contributed by atoms with Crippen LogP contribution in [0.15, 0.2) is 96.6 Å². The van der Waals surface area contributed by atoms with E-state index in [-0.39, 0.29) is 11.7 Å². The first-order chi connectivity index (χ1) is 24.7. The van der Waals surface area contributed by atoms with E-state index < -0.39 is 11.4 Å². The quantitative estimate of drug-likeness (QED) is 0.0552. The molecule has 0 aliphatic carbocycles. The van der Waals surface area contributed by atoms with E-state index in [2.05, 4.69) is 54.4 Å². The molecule has 7 rings (SSSR count). The van der Waals surface area contributed by atoms with Crippen molar-refractivity contribution in [3.63, 3.8) is 0 Å². The van der Waals surface area contributed by atoms with Crippen molar-refractivity contribution in [3.05, 3.63) is 119 Å². The lowest BCUT2D eigenvalue weighted by atomic mass is 9.68. The predicted octanol–water partition coefficient (Wildman–Crippen LogP) is 7.39. The summed E-state index contributed by atoms with van der Waals surface area (Å²) >= 11 is 0. The van der Waals surface area contributed by atoms with Crippen LogP contribution >= 0.6 is 0 Å². The fourth-order valence-electron chi connectivity index (χ4n) is 8.75. The minimum Gasteiger partial charge on any atom is -0.496 e. The van der Waals surface area contributed by atoms with Gasteiger partial charge in [-0.15, -0.1) is 0 Å². The molecule has 0 saturated heterocycles. The summed E-state index contributed by atoms with van der Waals surface area (Å²) in [5.74, 6) is 0.494. The molecule has 3 N–H and O–H groups in total. The number of aromatic nitrogens is 1. The van der Waals surface area contributed by atoms with Crippen LogP contribution in [0.1, 0.15) is 42.1 Å². The van der Waals surface area contributed by atoms with E-state index >= 15 is 0 Å². The lowest BCUT2D eigenvalue weighted by Gasteiger charge is -2.44. The van der Waals surface area contributed by atoms with Crippen molar-refractivity contribution in [3.8, 4) is 11.5 Å². The van der Waals surface area contributed by atoms with Crippen LogP contribution < -0.4 is 15.2 Å². The van der Waals surface area contributed by atoms with Gasteiger partial charge in [0, 0.05) is 46.8 Å². The number of H-pyrrole nitrogens is 1. The van der Waals surface area contributed by atoms with E-state index in [0.29, 0.717) is 53.2 Å². The van der Waals surface area contributed by atoms with Crippen LogP contribution in [0.3, 0.4) is 0 Å². The maximum atomic E-state index is 14.7. The fraction of sp³-hybridized carbons (Fsp3) is 0.302. The predicted molar refractivity (Wildman–Crippen MR) is 203 cm³/mol. The van der Waals surface area contributed by atoms with E-state index in [9.17, 15) is 9.59 Å². The topological polar surface area (TPSA) is 104 Å². The standard InChI is InChI=1S/C43H46N3O5/c1-5-28-20-30-24-43(42(48)51-4,40-38(49-2)22-33(44)23-39(40)50-3)41-36(35-12-8-9-13-37(35)45-41)18-19-46(25-28,26-30)27-34(47)17-15-29-14-16-31-10-6-7-11-32(31)21-29/h6-17,20-23,30,45H,5,18-19,24-27,44H2,1-4H3/q+1/b17-15+/t30-,43+,46-/m1/s1. The van der Waals surface area contributed by atoms with Gasteiger partial charge in [-0.2, -0.15) is 0 Å². The van der Waals surface area contributed by atoms with Crippen molar-refractivity contribution >= 4 is 45.2 Å². The molecule has 8 nitrogen and oxygen atoms in total. The minimum absolute atomic E-state index is 0.0746. The summed E-state index contributed by atoms with van der Waals surface area (Å²) in [5, 5.41) is 3.35. The number of nitrogen functional groups attached to an aromatic ring is 1. The number of quaternary nitrogens is 1. The highest BCUT2D eigenvalue weighted by molar-refractivity contribution is 5.96. The van der Waals surface area contributed by atoms with E-state index in [1.807, 2.05) is 36.4 Å². The third-order valence-electron chi connectivity index (χ3n) is 10.9. The number of aromatic amines is 1. The number of ketones is 1. The van der Waals surface area contributed by atoms with Crippen molar-refractivity contribution in [2.24, 2.45) is 5.92 Å². The summed E-state index contributed by atoms with van der Waals surface area (Å²) in [7, 11) is 4.60. The molecule has 0 radical (unpaired) electrons. The van der Waals surface area contributed by atoms with Crippen LogP contribution in [0, 0.1) is 5.92 Å². The van der Waals surface area contributed by atoms with Crippen LogP contribution in [-0.2, 0) is 26.2 Å². The normalized spacial score (nSPS) is 21.7. The highest BCUT2D eigenvalue weighted by Crippen LogP contribution is 2.52. The summed E-state index contributed by atoms with van der Waals surface area (Å²) in [6.45, 7) is 4.72. The smallest absolute Gasteiger partial charge is 0.322 e. The highest BCUT2D eigenvalue weighted by atomic mass is 16.5. The van der Waals surface area contributed by atoms with Gasteiger partial charge >= 0.3 is 5.97 Å². The molecule has 0 spiro atoms. The van der Waals surface area contributed by atoms with Gasteiger partial charge in [-0.1, -0.05) is 73.7 Å². The number of esters is 1. The number of methoxy groups -OCH3 is 3. The molecule has 51 heavy (non-hydrogen) atoms. The lowest BCUT2D eigenvalue weighted by molar-refractivity contribution is -0.920. The second-order valence-electron chi connectivity index (χ2n) is 14.1. The molecule has 4 aromatic carbocycles. The van der Waals surface area contributed by atoms with Gasteiger partial charge in [-0.25, -0.2) is 0 Å². The van der Waals surface area contributed by atoms with E-state index in [1.54, 1.807) is 32.4 Å². The Morgan fingerprint density at radius 2 is 1.69 bits per heavy atom. The summed E-state index contributed by atoms with van der Waals surface area (Å²) in [6.07, 6.45) is 7.87. The van der Waals surface area contributed by atoms with Crippen molar-refractivity contribution in [2.45, 2.75) is 31.6 Å². The van der Waals surface area contributed by atoms with E-state index in [0.717, 1.165) is 52.6 Å². The van der Waals surface area contributed by atoms with Gasteiger partial charge in [0.1, 0.15) is 30.0 Å². The first-order valence-electron chi connectivity index (χ1n) is 17.7. The van der Waals surface area contributed by atoms with Crippen molar-refractivity contribution in [1.29, 1.82) is 0 Å². The second kappa shape index (κ2) is 13.8. The molecule has 262 valence electrons. The number of ether oxygens (including phenoxy) is 3. The second-order valence-corrected chi connectivity index (χ2v) is 14.1. The average Bonchev–Trinajstić information content (AvgIpc) is 3.54. The van der Waals surface area contributed by atoms with Crippen molar-refractivity contribution in [1.82, 2.24) is 4.98 Å². The molecule has 2 aliphatic heterocycles. The largest absolute Gasteiger partial charge is 0.496 e. The third kappa shape index (κ3) is 6.18. The Bertz CT molecular complexity index is 2170. The van der Waals surface area contributed by atoms with Crippen molar-refractivity contribution in [2.75, 3.05) is 53.2 Å². The minimum atomic E-state index is -1.34. The van der Waals surface area contributed by atoms with Crippen molar-refractivity contribution < 1.29 is 28.3 Å².